The molecule has 0 spiro atoms. The largest absolute Gasteiger partial charge is 0.451 e. The van der Waals surface area contributed by atoms with Gasteiger partial charge in [-0.05, 0) is 54.5 Å². The highest BCUT2D eigenvalue weighted by Crippen LogP contribution is 2.30. The molecule has 1 aliphatic heterocycles. The number of hydrogen-bond donors (Lipinski definition) is 1. The lowest BCUT2D eigenvalue weighted by Crippen LogP contribution is -2.43. The Hall–Kier alpha value is -2.63. The number of carbonyl (C=O) groups excluding carboxylic acids is 1. The minimum absolute atomic E-state index is 0.0838. The molecule has 1 amide bonds. The average molecular weight is 449 g/mol. The Labute approximate surface area is 197 Å². The Balaban J connectivity index is 1.57. The minimum Gasteiger partial charge on any atom is -0.451 e. The number of carbonyl (C=O) groups is 1. The number of furan rings is 1. The van der Waals surface area contributed by atoms with E-state index in [2.05, 4.69) is 68.2 Å². The summed E-state index contributed by atoms with van der Waals surface area (Å²) in [5, 5.41) is 4.20. The molecule has 3 aromatic rings. The van der Waals surface area contributed by atoms with E-state index in [9.17, 15) is 4.79 Å². The van der Waals surface area contributed by atoms with Crippen LogP contribution in [0.2, 0.25) is 0 Å². The van der Waals surface area contributed by atoms with Crippen LogP contribution in [-0.4, -0.2) is 43.7 Å². The van der Waals surface area contributed by atoms with E-state index in [4.69, 9.17) is 9.15 Å². The summed E-state index contributed by atoms with van der Waals surface area (Å²) >= 11 is 0. The average Bonchev–Trinajstić information content (AvgIpc) is 3.10. The Morgan fingerprint density at radius 3 is 2.36 bits per heavy atom. The summed E-state index contributed by atoms with van der Waals surface area (Å²) in [5.74, 6) is 0.243. The zero-order valence-corrected chi connectivity index (χ0v) is 20.7. The van der Waals surface area contributed by atoms with Crippen LogP contribution in [0.25, 0.3) is 11.0 Å². The Morgan fingerprint density at radius 2 is 1.73 bits per heavy atom. The minimum atomic E-state index is -0.162. The number of morpholine rings is 1. The normalized spacial score (nSPS) is 16.2. The molecule has 5 nitrogen and oxygen atoms in total. The van der Waals surface area contributed by atoms with Crippen LogP contribution in [0.5, 0.6) is 0 Å². The maximum absolute atomic E-state index is 13.2. The van der Waals surface area contributed by atoms with Crippen molar-refractivity contribution in [3.8, 4) is 0 Å². The molecular formula is C28H36N2O3. The molecule has 2 heterocycles. The SMILES string of the molecule is Cc1cc(C)c2c(C)c(C(=O)NCC(c3ccc(C(C)(C)C)cc3)N3CCOCC3)oc2c1. The van der Waals surface area contributed by atoms with Crippen molar-refractivity contribution in [2.45, 2.75) is 53.0 Å². The summed E-state index contributed by atoms with van der Waals surface area (Å²) in [6.07, 6.45) is 0. The third kappa shape index (κ3) is 4.99. The zero-order valence-electron chi connectivity index (χ0n) is 20.7. The summed E-state index contributed by atoms with van der Waals surface area (Å²) in [4.78, 5) is 15.6. The molecule has 33 heavy (non-hydrogen) atoms. The lowest BCUT2D eigenvalue weighted by Gasteiger charge is -2.35. The second-order valence-electron chi connectivity index (χ2n) is 10.3. The highest BCUT2D eigenvalue weighted by Gasteiger charge is 2.26. The third-order valence-corrected chi connectivity index (χ3v) is 6.68. The van der Waals surface area contributed by atoms with Gasteiger partial charge >= 0.3 is 0 Å². The van der Waals surface area contributed by atoms with Crippen molar-refractivity contribution in [2.24, 2.45) is 0 Å². The van der Waals surface area contributed by atoms with Crippen LogP contribution in [0.4, 0.5) is 0 Å². The van der Waals surface area contributed by atoms with Gasteiger partial charge in [-0.1, -0.05) is 51.1 Å². The fourth-order valence-corrected chi connectivity index (χ4v) is 4.83. The van der Waals surface area contributed by atoms with Crippen LogP contribution >= 0.6 is 0 Å². The predicted molar refractivity (Wildman–Crippen MR) is 133 cm³/mol. The number of fused-ring (bicyclic) bond motifs is 1. The number of ether oxygens (including phenoxy) is 1. The van der Waals surface area contributed by atoms with Crippen LogP contribution in [0.1, 0.15) is 65.2 Å². The van der Waals surface area contributed by atoms with E-state index < -0.39 is 0 Å². The summed E-state index contributed by atoms with van der Waals surface area (Å²) in [6.45, 7) is 16.4. The summed E-state index contributed by atoms with van der Waals surface area (Å²) in [5.41, 5.74) is 6.56. The first-order valence-electron chi connectivity index (χ1n) is 11.9. The highest BCUT2D eigenvalue weighted by molar-refractivity contribution is 6.00. The van der Waals surface area contributed by atoms with E-state index in [0.717, 1.165) is 40.7 Å². The predicted octanol–water partition coefficient (Wildman–Crippen LogP) is 5.46. The fourth-order valence-electron chi connectivity index (χ4n) is 4.83. The first kappa shape index (κ1) is 23.5. The van der Waals surface area contributed by atoms with Crippen molar-refractivity contribution in [3.05, 3.63) is 70.0 Å². The number of rotatable bonds is 5. The van der Waals surface area contributed by atoms with Crippen LogP contribution in [0.3, 0.4) is 0 Å². The van der Waals surface area contributed by atoms with Gasteiger partial charge in [0, 0.05) is 30.6 Å². The molecular weight excluding hydrogens is 412 g/mol. The Kier molecular flexibility index (Phi) is 6.64. The second kappa shape index (κ2) is 9.32. The molecule has 1 fully saturated rings. The first-order chi connectivity index (χ1) is 15.6. The molecule has 2 aromatic carbocycles. The smallest absolute Gasteiger partial charge is 0.287 e. The zero-order chi connectivity index (χ0) is 23.8. The third-order valence-electron chi connectivity index (χ3n) is 6.68. The molecule has 1 aromatic heterocycles. The first-order valence-corrected chi connectivity index (χ1v) is 11.9. The quantitative estimate of drug-likeness (QED) is 0.563. The fraction of sp³-hybridized carbons (Fsp3) is 0.464. The number of hydrogen-bond acceptors (Lipinski definition) is 4. The van der Waals surface area contributed by atoms with E-state index in [-0.39, 0.29) is 17.4 Å². The second-order valence-corrected chi connectivity index (χ2v) is 10.3. The Morgan fingerprint density at radius 1 is 1.06 bits per heavy atom. The van der Waals surface area contributed by atoms with Gasteiger partial charge in [0.15, 0.2) is 5.76 Å². The molecule has 5 heteroatoms. The van der Waals surface area contributed by atoms with Crippen LogP contribution in [0.15, 0.2) is 40.8 Å². The van der Waals surface area contributed by atoms with E-state index in [1.165, 1.54) is 11.1 Å². The van der Waals surface area contributed by atoms with Crippen LogP contribution in [0, 0.1) is 20.8 Å². The van der Waals surface area contributed by atoms with Gasteiger partial charge in [-0.3, -0.25) is 9.69 Å². The van der Waals surface area contributed by atoms with Gasteiger partial charge < -0.3 is 14.5 Å². The molecule has 1 saturated heterocycles. The van der Waals surface area contributed by atoms with Gasteiger partial charge in [-0.25, -0.2) is 0 Å². The number of benzene rings is 2. The molecule has 1 unspecified atom stereocenters. The molecule has 4 rings (SSSR count). The molecule has 0 aliphatic carbocycles. The van der Waals surface area contributed by atoms with Gasteiger partial charge in [0.1, 0.15) is 5.58 Å². The van der Waals surface area contributed by atoms with Crippen molar-refractivity contribution in [1.82, 2.24) is 10.2 Å². The van der Waals surface area contributed by atoms with Gasteiger partial charge in [-0.2, -0.15) is 0 Å². The lowest BCUT2D eigenvalue weighted by molar-refractivity contribution is 0.0161. The standard InChI is InChI=1S/C28H36N2O3/c1-18-15-19(2)25-20(3)26(33-24(25)16-18)27(31)29-17-23(30-11-13-32-14-12-30)21-7-9-22(10-8-21)28(4,5)6/h7-10,15-16,23H,11-14,17H2,1-6H3,(H,29,31). The van der Waals surface area contributed by atoms with Gasteiger partial charge in [0.2, 0.25) is 0 Å². The van der Waals surface area contributed by atoms with E-state index in [0.29, 0.717) is 25.5 Å². The van der Waals surface area contributed by atoms with Crippen LogP contribution in [-0.2, 0) is 10.2 Å². The van der Waals surface area contributed by atoms with E-state index >= 15 is 0 Å². The Bertz CT molecular complexity index is 1130. The monoisotopic (exact) mass is 448 g/mol. The topological polar surface area (TPSA) is 54.7 Å². The molecule has 176 valence electrons. The van der Waals surface area contributed by atoms with E-state index in [1.54, 1.807) is 0 Å². The molecule has 0 radical (unpaired) electrons. The number of aryl methyl sites for hydroxylation is 3. The molecule has 0 bridgehead atoms. The molecule has 1 aliphatic rings. The van der Waals surface area contributed by atoms with Crippen molar-refractivity contribution in [1.29, 1.82) is 0 Å². The molecule has 1 N–H and O–H groups in total. The summed E-state index contributed by atoms with van der Waals surface area (Å²) in [6, 6.07) is 13.0. The summed E-state index contributed by atoms with van der Waals surface area (Å²) in [7, 11) is 0. The molecule has 1 atom stereocenters. The van der Waals surface area contributed by atoms with Crippen molar-refractivity contribution in [3.63, 3.8) is 0 Å². The van der Waals surface area contributed by atoms with Crippen molar-refractivity contribution in [2.75, 3.05) is 32.8 Å². The number of nitrogens with one attached hydrogen (secondary N) is 1. The van der Waals surface area contributed by atoms with Crippen molar-refractivity contribution < 1.29 is 13.9 Å². The van der Waals surface area contributed by atoms with Gasteiger partial charge in [0.05, 0.1) is 19.3 Å². The lowest BCUT2D eigenvalue weighted by atomic mass is 9.86. The molecule has 0 saturated carbocycles. The maximum atomic E-state index is 13.2. The number of nitrogens with zero attached hydrogens (tertiary/aromatic N) is 1. The van der Waals surface area contributed by atoms with Gasteiger partial charge in [-0.15, -0.1) is 0 Å². The highest BCUT2D eigenvalue weighted by atomic mass is 16.5. The summed E-state index contributed by atoms with van der Waals surface area (Å²) < 4.78 is 11.6. The maximum Gasteiger partial charge on any atom is 0.287 e. The van der Waals surface area contributed by atoms with Crippen LogP contribution < -0.4 is 5.32 Å². The van der Waals surface area contributed by atoms with Gasteiger partial charge in [0.25, 0.3) is 5.91 Å². The number of amides is 1. The van der Waals surface area contributed by atoms with E-state index in [1.807, 2.05) is 19.9 Å². The van der Waals surface area contributed by atoms with Crippen molar-refractivity contribution >= 4 is 16.9 Å².